The Labute approximate surface area is 258 Å². The highest BCUT2D eigenvalue weighted by Crippen LogP contribution is 2.42. The molecule has 1 heteroatoms. The normalized spacial score (nSPS) is 11.5. The Kier molecular flexibility index (Phi) is 6.20. The first kappa shape index (κ1) is 26.2. The lowest BCUT2D eigenvalue weighted by atomic mass is 9.94. The summed E-state index contributed by atoms with van der Waals surface area (Å²) >= 11 is 0. The third-order valence-corrected chi connectivity index (χ3v) is 8.86. The largest absolute Gasteiger partial charge is 0.455 e. The molecule has 0 fully saturated rings. The van der Waals surface area contributed by atoms with Crippen molar-refractivity contribution < 1.29 is 4.42 Å². The smallest absolute Gasteiger partial charge is 0.143 e. The van der Waals surface area contributed by atoms with Gasteiger partial charge in [0, 0.05) is 16.5 Å². The van der Waals surface area contributed by atoms with Crippen LogP contribution in [0.3, 0.4) is 0 Å². The molecule has 0 amide bonds. The molecule has 0 saturated carbocycles. The van der Waals surface area contributed by atoms with Crippen molar-refractivity contribution in [3.05, 3.63) is 156 Å². The van der Waals surface area contributed by atoms with Crippen molar-refractivity contribution in [2.75, 3.05) is 0 Å². The number of fused-ring (bicyclic) bond motifs is 3. The van der Waals surface area contributed by atoms with Crippen LogP contribution in [0.1, 0.15) is 16.7 Å². The highest BCUT2D eigenvalue weighted by Gasteiger charge is 2.18. The summed E-state index contributed by atoms with van der Waals surface area (Å²) in [5, 5.41) is 6.11. The zero-order chi connectivity index (χ0) is 29.8. The molecule has 0 saturated heterocycles. The molecule has 0 spiro atoms. The van der Waals surface area contributed by atoms with Crippen LogP contribution in [0.4, 0.5) is 0 Å². The van der Waals surface area contributed by atoms with E-state index in [-0.39, 0.29) is 0 Å². The summed E-state index contributed by atoms with van der Waals surface area (Å²) in [6.45, 7) is 6.37. The van der Waals surface area contributed by atoms with E-state index < -0.39 is 0 Å². The number of benzene rings is 7. The number of aryl methyl sites for hydroxylation is 3. The van der Waals surface area contributed by atoms with Crippen LogP contribution in [0.15, 0.2) is 144 Å². The Balaban J connectivity index is 1.21. The third kappa shape index (κ3) is 4.68. The summed E-state index contributed by atoms with van der Waals surface area (Å²) in [6, 6.07) is 50.9. The molecule has 8 rings (SSSR count). The molecule has 1 heterocycles. The minimum absolute atomic E-state index is 0.899. The van der Waals surface area contributed by atoms with Gasteiger partial charge in [0.05, 0.1) is 0 Å². The van der Waals surface area contributed by atoms with E-state index in [0.29, 0.717) is 0 Å². The van der Waals surface area contributed by atoms with Crippen LogP contribution in [-0.4, -0.2) is 0 Å². The second-order valence-corrected chi connectivity index (χ2v) is 12.1. The van der Waals surface area contributed by atoms with Crippen molar-refractivity contribution in [1.29, 1.82) is 0 Å². The van der Waals surface area contributed by atoms with Gasteiger partial charge in [0.25, 0.3) is 0 Å². The van der Waals surface area contributed by atoms with E-state index in [9.17, 15) is 0 Å². The topological polar surface area (TPSA) is 13.1 Å². The third-order valence-electron chi connectivity index (χ3n) is 8.86. The van der Waals surface area contributed by atoms with E-state index in [1.54, 1.807) is 0 Å². The van der Waals surface area contributed by atoms with Gasteiger partial charge in [-0.05, 0) is 107 Å². The van der Waals surface area contributed by atoms with Crippen molar-refractivity contribution in [2.45, 2.75) is 20.8 Å². The zero-order valence-electron chi connectivity index (χ0n) is 25.2. The van der Waals surface area contributed by atoms with Crippen molar-refractivity contribution in [2.24, 2.45) is 0 Å². The SMILES string of the molecule is Cc1ccc(-c2ccc3cc4cc(-c5ccc6c(-c7ccc(C)cc7)c(-c7ccc(C)cc7)oc6c5)ccc4cc3c2)cc1. The van der Waals surface area contributed by atoms with Gasteiger partial charge < -0.3 is 4.42 Å². The van der Waals surface area contributed by atoms with Crippen molar-refractivity contribution in [3.8, 4) is 44.7 Å². The second-order valence-electron chi connectivity index (χ2n) is 12.1. The Morgan fingerprint density at radius 3 is 1.34 bits per heavy atom. The van der Waals surface area contributed by atoms with E-state index in [2.05, 4.69) is 160 Å². The van der Waals surface area contributed by atoms with Gasteiger partial charge in [-0.25, -0.2) is 0 Å². The molecular formula is C43H32O. The van der Waals surface area contributed by atoms with Gasteiger partial charge in [0.15, 0.2) is 0 Å². The summed E-state index contributed by atoms with van der Waals surface area (Å²) in [5.74, 6) is 0.913. The maximum Gasteiger partial charge on any atom is 0.143 e. The van der Waals surface area contributed by atoms with E-state index in [1.807, 2.05) is 0 Å². The first-order chi connectivity index (χ1) is 21.5. The lowest BCUT2D eigenvalue weighted by molar-refractivity contribution is 0.632. The fraction of sp³-hybridized carbons (Fsp3) is 0.0698. The fourth-order valence-electron chi connectivity index (χ4n) is 6.29. The molecule has 44 heavy (non-hydrogen) atoms. The molecule has 0 atom stereocenters. The summed E-state index contributed by atoms with van der Waals surface area (Å²) < 4.78 is 6.67. The van der Waals surface area contributed by atoms with Crippen LogP contribution in [0.5, 0.6) is 0 Å². The van der Waals surface area contributed by atoms with Gasteiger partial charge in [0.1, 0.15) is 11.3 Å². The Morgan fingerprint density at radius 2 is 0.773 bits per heavy atom. The molecule has 0 aliphatic heterocycles. The predicted octanol–water partition coefficient (Wildman–Crippen LogP) is 12.3. The molecule has 0 unspecified atom stereocenters. The number of hydrogen-bond donors (Lipinski definition) is 0. The molecule has 0 aliphatic rings. The monoisotopic (exact) mass is 564 g/mol. The maximum atomic E-state index is 6.67. The van der Waals surface area contributed by atoms with Crippen molar-refractivity contribution >= 4 is 32.5 Å². The summed E-state index contributed by atoms with van der Waals surface area (Å²) in [7, 11) is 0. The van der Waals surface area contributed by atoms with Crippen LogP contribution in [0, 0.1) is 20.8 Å². The average Bonchev–Trinajstić information content (AvgIpc) is 3.43. The Bertz CT molecular complexity index is 2320. The molecular weight excluding hydrogens is 532 g/mol. The minimum Gasteiger partial charge on any atom is -0.455 e. The van der Waals surface area contributed by atoms with Crippen LogP contribution in [0.2, 0.25) is 0 Å². The first-order valence-corrected chi connectivity index (χ1v) is 15.2. The number of rotatable bonds is 4. The fourth-order valence-corrected chi connectivity index (χ4v) is 6.29. The first-order valence-electron chi connectivity index (χ1n) is 15.2. The van der Waals surface area contributed by atoms with Gasteiger partial charge in [0.2, 0.25) is 0 Å². The molecule has 0 radical (unpaired) electrons. The molecule has 0 N–H and O–H groups in total. The molecule has 0 aliphatic carbocycles. The van der Waals surface area contributed by atoms with Crippen molar-refractivity contribution in [3.63, 3.8) is 0 Å². The van der Waals surface area contributed by atoms with Crippen LogP contribution < -0.4 is 0 Å². The Hall–Kier alpha value is -5.40. The van der Waals surface area contributed by atoms with Crippen LogP contribution >= 0.6 is 0 Å². The standard InChI is InChI=1S/C43H32O/c1-27-4-10-30(11-5-27)33-16-18-35-25-39-23-34(17-19-36(39)24-38(35)22-33)37-20-21-40-41(26-37)44-43(32-14-8-29(3)9-15-32)42(40)31-12-6-28(2)7-13-31/h4-26H,1-3H3. The van der Waals surface area contributed by atoms with Crippen LogP contribution in [-0.2, 0) is 0 Å². The Morgan fingerprint density at radius 1 is 0.341 bits per heavy atom. The van der Waals surface area contributed by atoms with E-state index in [4.69, 9.17) is 4.42 Å². The van der Waals surface area contributed by atoms with Gasteiger partial charge in [-0.3, -0.25) is 0 Å². The summed E-state index contributed by atoms with van der Waals surface area (Å²) in [4.78, 5) is 0. The highest BCUT2D eigenvalue weighted by atomic mass is 16.3. The zero-order valence-corrected chi connectivity index (χ0v) is 25.2. The van der Waals surface area contributed by atoms with Gasteiger partial charge in [-0.15, -0.1) is 0 Å². The van der Waals surface area contributed by atoms with Crippen LogP contribution in [0.25, 0.3) is 77.2 Å². The number of furan rings is 1. The van der Waals surface area contributed by atoms with E-state index in [0.717, 1.165) is 33.4 Å². The summed E-state index contributed by atoms with van der Waals surface area (Å²) in [6.07, 6.45) is 0. The molecule has 8 aromatic rings. The second kappa shape index (κ2) is 10.4. The minimum atomic E-state index is 0.899. The molecule has 1 nitrogen and oxygen atoms in total. The summed E-state index contributed by atoms with van der Waals surface area (Å²) in [5.41, 5.74) is 12.9. The maximum absolute atomic E-state index is 6.67. The highest BCUT2D eigenvalue weighted by molar-refractivity contribution is 6.04. The van der Waals surface area contributed by atoms with Gasteiger partial charge >= 0.3 is 0 Å². The van der Waals surface area contributed by atoms with Gasteiger partial charge in [-0.1, -0.05) is 120 Å². The average molecular weight is 565 g/mol. The van der Waals surface area contributed by atoms with Gasteiger partial charge in [-0.2, -0.15) is 0 Å². The van der Waals surface area contributed by atoms with E-state index in [1.165, 1.54) is 60.5 Å². The molecule has 210 valence electrons. The lowest BCUT2D eigenvalue weighted by Gasteiger charge is -2.09. The lowest BCUT2D eigenvalue weighted by Crippen LogP contribution is -1.84. The molecule has 0 bridgehead atoms. The predicted molar refractivity (Wildman–Crippen MR) is 187 cm³/mol. The number of hydrogen-bond acceptors (Lipinski definition) is 1. The quantitative estimate of drug-likeness (QED) is 0.194. The molecule has 7 aromatic carbocycles. The molecule has 1 aromatic heterocycles. The van der Waals surface area contributed by atoms with E-state index >= 15 is 0 Å². The van der Waals surface area contributed by atoms with Crippen molar-refractivity contribution in [1.82, 2.24) is 0 Å².